The maximum Gasteiger partial charge on any atom is 0.164 e. The van der Waals surface area contributed by atoms with E-state index in [1.54, 1.807) is 6.07 Å². The van der Waals surface area contributed by atoms with Crippen molar-refractivity contribution in [3.05, 3.63) is 65.2 Å². The van der Waals surface area contributed by atoms with E-state index in [1.165, 1.54) is 11.6 Å². The van der Waals surface area contributed by atoms with Crippen LogP contribution in [0.2, 0.25) is 0 Å². The standard InChI is InChI=1S/C17H19F2N/c1-11(2)13-6-4-7-14(10-13)20-12(3)15-8-5-9-16(18)17(15)19/h4-12,20H,1-3H3. The summed E-state index contributed by atoms with van der Waals surface area (Å²) >= 11 is 0. The molecule has 1 nitrogen and oxygen atoms in total. The zero-order valence-electron chi connectivity index (χ0n) is 12.0. The van der Waals surface area contributed by atoms with E-state index in [9.17, 15) is 8.78 Å². The molecule has 0 aliphatic carbocycles. The first kappa shape index (κ1) is 14.5. The summed E-state index contributed by atoms with van der Waals surface area (Å²) in [4.78, 5) is 0. The monoisotopic (exact) mass is 275 g/mol. The molecule has 0 spiro atoms. The molecule has 0 bridgehead atoms. The van der Waals surface area contributed by atoms with Crippen molar-refractivity contribution in [3.63, 3.8) is 0 Å². The van der Waals surface area contributed by atoms with Gasteiger partial charge in [-0.2, -0.15) is 0 Å². The zero-order valence-corrected chi connectivity index (χ0v) is 12.0. The summed E-state index contributed by atoms with van der Waals surface area (Å²) in [5, 5.41) is 3.21. The highest BCUT2D eigenvalue weighted by Crippen LogP contribution is 2.25. The fourth-order valence-corrected chi connectivity index (χ4v) is 2.17. The van der Waals surface area contributed by atoms with Crippen LogP contribution in [0.3, 0.4) is 0 Å². The first-order chi connectivity index (χ1) is 9.49. The Morgan fingerprint density at radius 1 is 0.950 bits per heavy atom. The molecule has 2 rings (SSSR count). The fourth-order valence-electron chi connectivity index (χ4n) is 2.17. The van der Waals surface area contributed by atoms with Gasteiger partial charge < -0.3 is 5.32 Å². The molecule has 2 aromatic rings. The summed E-state index contributed by atoms with van der Waals surface area (Å²) in [6, 6.07) is 11.9. The molecule has 0 aromatic heterocycles. The number of nitrogens with one attached hydrogen (secondary N) is 1. The molecule has 0 heterocycles. The lowest BCUT2D eigenvalue weighted by atomic mass is 10.0. The van der Waals surface area contributed by atoms with Crippen molar-refractivity contribution in [2.24, 2.45) is 0 Å². The Bertz CT molecular complexity index is 593. The van der Waals surface area contributed by atoms with Crippen LogP contribution >= 0.6 is 0 Å². The third kappa shape index (κ3) is 3.16. The molecule has 2 aromatic carbocycles. The largest absolute Gasteiger partial charge is 0.378 e. The van der Waals surface area contributed by atoms with Crippen molar-refractivity contribution in [3.8, 4) is 0 Å². The van der Waals surface area contributed by atoms with Gasteiger partial charge in [-0.3, -0.25) is 0 Å². The summed E-state index contributed by atoms with van der Waals surface area (Å²) in [6.45, 7) is 6.06. The molecule has 3 heteroatoms. The molecule has 0 aliphatic rings. The van der Waals surface area contributed by atoms with E-state index in [0.717, 1.165) is 11.8 Å². The highest BCUT2D eigenvalue weighted by molar-refractivity contribution is 5.48. The summed E-state index contributed by atoms with van der Waals surface area (Å²) in [5.41, 5.74) is 2.45. The molecule has 0 fully saturated rings. The van der Waals surface area contributed by atoms with Crippen molar-refractivity contribution in [2.75, 3.05) is 5.32 Å². The third-order valence-corrected chi connectivity index (χ3v) is 3.38. The second-order valence-corrected chi connectivity index (χ2v) is 5.29. The van der Waals surface area contributed by atoms with Gasteiger partial charge in [0, 0.05) is 11.3 Å². The molecule has 106 valence electrons. The quantitative estimate of drug-likeness (QED) is 0.802. The SMILES string of the molecule is CC(C)c1cccc(NC(C)c2cccc(F)c2F)c1. The Hall–Kier alpha value is -1.90. The van der Waals surface area contributed by atoms with Crippen LogP contribution in [0.25, 0.3) is 0 Å². The van der Waals surface area contributed by atoms with Crippen molar-refractivity contribution in [2.45, 2.75) is 32.7 Å². The van der Waals surface area contributed by atoms with Gasteiger partial charge in [0.05, 0.1) is 6.04 Å². The van der Waals surface area contributed by atoms with E-state index in [2.05, 4.69) is 25.2 Å². The fraction of sp³-hybridized carbons (Fsp3) is 0.294. The zero-order chi connectivity index (χ0) is 14.7. The number of rotatable bonds is 4. The van der Waals surface area contributed by atoms with E-state index in [-0.39, 0.29) is 6.04 Å². The van der Waals surface area contributed by atoms with Gasteiger partial charge in [0.1, 0.15) is 0 Å². The van der Waals surface area contributed by atoms with Gasteiger partial charge >= 0.3 is 0 Å². The number of hydrogen-bond acceptors (Lipinski definition) is 1. The van der Waals surface area contributed by atoms with E-state index in [4.69, 9.17) is 0 Å². The molecule has 0 aliphatic heterocycles. The molecule has 1 unspecified atom stereocenters. The average Bonchev–Trinajstić information content (AvgIpc) is 2.42. The molecule has 20 heavy (non-hydrogen) atoms. The van der Waals surface area contributed by atoms with Crippen LogP contribution in [-0.4, -0.2) is 0 Å². The smallest absolute Gasteiger partial charge is 0.164 e. The lowest BCUT2D eigenvalue weighted by Gasteiger charge is -2.18. The molecule has 1 N–H and O–H groups in total. The van der Waals surface area contributed by atoms with E-state index >= 15 is 0 Å². The first-order valence-corrected chi connectivity index (χ1v) is 6.79. The van der Waals surface area contributed by atoms with Crippen LogP contribution in [0.15, 0.2) is 42.5 Å². The normalized spacial score (nSPS) is 12.5. The Morgan fingerprint density at radius 2 is 1.65 bits per heavy atom. The van der Waals surface area contributed by atoms with E-state index < -0.39 is 11.6 Å². The molecule has 1 atom stereocenters. The van der Waals surface area contributed by atoms with Crippen molar-refractivity contribution in [1.29, 1.82) is 0 Å². The van der Waals surface area contributed by atoms with Crippen LogP contribution in [0, 0.1) is 11.6 Å². The predicted molar refractivity (Wildman–Crippen MR) is 78.9 cm³/mol. The van der Waals surface area contributed by atoms with Crippen molar-refractivity contribution >= 4 is 5.69 Å². The van der Waals surface area contributed by atoms with Gasteiger partial charge in [0.15, 0.2) is 11.6 Å². The Kier molecular flexibility index (Phi) is 4.38. The lowest BCUT2D eigenvalue weighted by Crippen LogP contribution is -2.09. The molecular formula is C17H19F2N. The van der Waals surface area contributed by atoms with E-state index in [0.29, 0.717) is 11.5 Å². The number of hydrogen-bond donors (Lipinski definition) is 1. The summed E-state index contributed by atoms with van der Waals surface area (Å²) < 4.78 is 27.0. The highest BCUT2D eigenvalue weighted by atomic mass is 19.2. The van der Waals surface area contributed by atoms with Crippen LogP contribution in [0.5, 0.6) is 0 Å². The molecule has 0 saturated heterocycles. The average molecular weight is 275 g/mol. The second-order valence-electron chi connectivity index (χ2n) is 5.29. The van der Waals surface area contributed by atoms with Gasteiger partial charge in [0.2, 0.25) is 0 Å². The Morgan fingerprint density at radius 3 is 2.35 bits per heavy atom. The van der Waals surface area contributed by atoms with Crippen molar-refractivity contribution < 1.29 is 8.78 Å². The number of benzene rings is 2. The van der Waals surface area contributed by atoms with Crippen LogP contribution in [0.4, 0.5) is 14.5 Å². The predicted octanol–water partition coefficient (Wildman–Crippen LogP) is 5.26. The Labute approximate surface area is 118 Å². The summed E-state index contributed by atoms with van der Waals surface area (Å²) in [5.74, 6) is -1.17. The van der Waals surface area contributed by atoms with Gasteiger partial charge in [-0.15, -0.1) is 0 Å². The van der Waals surface area contributed by atoms with Gasteiger partial charge in [-0.25, -0.2) is 8.78 Å². The van der Waals surface area contributed by atoms with Crippen molar-refractivity contribution in [1.82, 2.24) is 0 Å². The lowest BCUT2D eigenvalue weighted by molar-refractivity contribution is 0.494. The first-order valence-electron chi connectivity index (χ1n) is 6.79. The second kappa shape index (κ2) is 6.04. The summed E-state index contributed by atoms with van der Waals surface area (Å²) in [6.07, 6.45) is 0. The number of anilines is 1. The molecule has 0 amide bonds. The summed E-state index contributed by atoms with van der Waals surface area (Å²) in [7, 11) is 0. The number of halogens is 2. The molecule has 0 saturated carbocycles. The van der Waals surface area contributed by atoms with Gasteiger partial charge in [-0.05, 0) is 36.6 Å². The Balaban J connectivity index is 2.21. The van der Waals surface area contributed by atoms with Gasteiger partial charge in [-0.1, -0.05) is 38.1 Å². The molecular weight excluding hydrogens is 256 g/mol. The van der Waals surface area contributed by atoms with E-state index in [1.807, 2.05) is 25.1 Å². The van der Waals surface area contributed by atoms with Crippen LogP contribution < -0.4 is 5.32 Å². The van der Waals surface area contributed by atoms with Crippen LogP contribution in [0.1, 0.15) is 43.9 Å². The minimum absolute atomic E-state index is 0.298. The molecule has 0 radical (unpaired) electrons. The topological polar surface area (TPSA) is 12.0 Å². The minimum atomic E-state index is -0.813. The third-order valence-electron chi connectivity index (χ3n) is 3.38. The van der Waals surface area contributed by atoms with Crippen LogP contribution in [-0.2, 0) is 0 Å². The maximum absolute atomic E-state index is 13.7. The highest BCUT2D eigenvalue weighted by Gasteiger charge is 2.14. The van der Waals surface area contributed by atoms with Gasteiger partial charge in [0.25, 0.3) is 0 Å². The minimum Gasteiger partial charge on any atom is -0.378 e. The maximum atomic E-state index is 13.7.